The molecule has 2 fully saturated rings. The number of hydrogen-bond acceptors (Lipinski definition) is 3. The van der Waals surface area contributed by atoms with Gasteiger partial charge in [-0.1, -0.05) is 20.8 Å². The first kappa shape index (κ1) is 10.9. The van der Waals surface area contributed by atoms with Crippen LogP contribution in [0.1, 0.15) is 33.6 Å². The molecule has 0 radical (unpaired) electrons. The van der Waals surface area contributed by atoms with Crippen molar-refractivity contribution in [3.05, 3.63) is 0 Å². The molecule has 2 aliphatic carbocycles. The lowest BCUT2D eigenvalue weighted by Gasteiger charge is -2.38. The Labute approximate surface area is 88.9 Å². The van der Waals surface area contributed by atoms with Gasteiger partial charge in [-0.05, 0) is 18.3 Å². The minimum atomic E-state index is -1.18. The number of carboxylic acids is 1. The second-order valence-electron chi connectivity index (χ2n) is 5.71. The number of carbonyl (C=O) groups is 1. The lowest BCUT2D eigenvalue weighted by Crippen LogP contribution is -2.48. The molecule has 4 atom stereocenters. The van der Waals surface area contributed by atoms with Crippen LogP contribution >= 0.6 is 0 Å². The Morgan fingerprint density at radius 1 is 1.13 bits per heavy atom. The molecule has 0 unspecified atom stereocenters. The highest BCUT2D eigenvalue weighted by molar-refractivity contribution is 5.79. The maximum atomic E-state index is 11.4. The summed E-state index contributed by atoms with van der Waals surface area (Å²) in [4.78, 5) is 11.4. The molecule has 4 nitrogen and oxygen atoms in total. The SMILES string of the molecule is CC1(C)[C@]2(C)CC[C@@]1(C(=O)O)[C@H](O)[C@@H]2O. The van der Waals surface area contributed by atoms with Gasteiger partial charge in [0.25, 0.3) is 0 Å². The topological polar surface area (TPSA) is 77.8 Å². The third kappa shape index (κ3) is 0.807. The maximum Gasteiger partial charge on any atom is 0.312 e. The molecular weight excluding hydrogens is 196 g/mol. The van der Waals surface area contributed by atoms with Gasteiger partial charge in [-0.3, -0.25) is 4.79 Å². The van der Waals surface area contributed by atoms with Crippen molar-refractivity contribution in [3.63, 3.8) is 0 Å². The summed E-state index contributed by atoms with van der Waals surface area (Å²) >= 11 is 0. The molecule has 4 heteroatoms. The number of rotatable bonds is 1. The van der Waals surface area contributed by atoms with Gasteiger partial charge in [-0.15, -0.1) is 0 Å². The predicted molar refractivity (Wildman–Crippen MR) is 53.2 cm³/mol. The highest BCUT2D eigenvalue weighted by Crippen LogP contribution is 2.72. The van der Waals surface area contributed by atoms with Crippen molar-refractivity contribution in [2.45, 2.75) is 45.8 Å². The average Bonchev–Trinajstić information content (AvgIpc) is 2.39. The van der Waals surface area contributed by atoms with Crippen LogP contribution in [0.3, 0.4) is 0 Å². The minimum Gasteiger partial charge on any atom is -0.481 e. The summed E-state index contributed by atoms with van der Waals surface area (Å²) in [5.74, 6) is -0.986. The fraction of sp³-hybridized carbons (Fsp3) is 0.909. The highest BCUT2D eigenvalue weighted by atomic mass is 16.4. The summed E-state index contributed by atoms with van der Waals surface area (Å²) in [6, 6.07) is 0. The minimum absolute atomic E-state index is 0.448. The number of aliphatic carboxylic acids is 1. The van der Waals surface area contributed by atoms with E-state index in [1.165, 1.54) is 0 Å². The molecule has 0 aliphatic heterocycles. The van der Waals surface area contributed by atoms with E-state index in [0.717, 1.165) is 0 Å². The largest absolute Gasteiger partial charge is 0.481 e. The van der Waals surface area contributed by atoms with E-state index in [-0.39, 0.29) is 0 Å². The smallest absolute Gasteiger partial charge is 0.312 e. The van der Waals surface area contributed by atoms with Crippen LogP contribution in [-0.2, 0) is 4.79 Å². The Morgan fingerprint density at radius 3 is 1.93 bits per heavy atom. The first-order valence-corrected chi connectivity index (χ1v) is 5.31. The third-order valence-corrected chi connectivity index (χ3v) is 5.42. The second kappa shape index (κ2) is 2.55. The van der Waals surface area contributed by atoms with Crippen LogP contribution < -0.4 is 0 Å². The van der Waals surface area contributed by atoms with Crippen LogP contribution in [0.5, 0.6) is 0 Å². The molecule has 0 aromatic heterocycles. The molecule has 0 amide bonds. The van der Waals surface area contributed by atoms with Crippen molar-refractivity contribution in [1.82, 2.24) is 0 Å². The molecule has 15 heavy (non-hydrogen) atoms. The number of aliphatic hydroxyl groups is 2. The lowest BCUT2D eigenvalue weighted by atomic mass is 9.64. The van der Waals surface area contributed by atoms with Gasteiger partial charge in [0, 0.05) is 5.41 Å². The molecule has 2 rings (SSSR count). The first-order valence-electron chi connectivity index (χ1n) is 5.31. The van der Waals surface area contributed by atoms with E-state index in [1.54, 1.807) is 0 Å². The van der Waals surface area contributed by atoms with Gasteiger partial charge in [0.15, 0.2) is 0 Å². The van der Waals surface area contributed by atoms with E-state index >= 15 is 0 Å². The van der Waals surface area contributed by atoms with Crippen LogP contribution in [0.15, 0.2) is 0 Å². The van der Waals surface area contributed by atoms with Crippen molar-refractivity contribution in [2.24, 2.45) is 16.2 Å². The fourth-order valence-corrected chi connectivity index (χ4v) is 3.75. The van der Waals surface area contributed by atoms with Crippen molar-refractivity contribution in [1.29, 1.82) is 0 Å². The zero-order chi connectivity index (χ0) is 11.6. The molecule has 0 saturated heterocycles. The molecular formula is C11H18O4. The Balaban J connectivity index is 2.62. The summed E-state index contributed by atoms with van der Waals surface area (Å²) in [7, 11) is 0. The van der Waals surface area contributed by atoms with Crippen LogP contribution in [0.25, 0.3) is 0 Å². The van der Waals surface area contributed by atoms with Crippen molar-refractivity contribution in [2.75, 3.05) is 0 Å². The summed E-state index contributed by atoms with van der Waals surface area (Å²) in [6.45, 7) is 5.56. The molecule has 2 saturated carbocycles. The van der Waals surface area contributed by atoms with E-state index in [9.17, 15) is 20.1 Å². The van der Waals surface area contributed by atoms with Crippen molar-refractivity contribution < 1.29 is 20.1 Å². The standard InChI is InChI=1S/C11H18O4/c1-9(2)10(3)4-5-11(9,8(14)15)7(13)6(10)12/h6-7,12-13H,4-5H2,1-3H3,(H,14,15)/t6-,7+,10+,11-/m0/s1. The van der Waals surface area contributed by atoms with Crippen LogP contribution in [0.4, 0.5) is 0 Å². The number of hydrogen-bond donors (Lipinski definition) is 3. The fourth-order valence-electron chi connectivity index (χ4n) is 3.75. The van der Waals surface area contributed by atoms with Crippen molar-refractivity contribution in [3.8, 4) is 0 Å². The molecule has 0 aromatic carbocycles. The Bertz CT molecular complexity index is 325. The van der Waals surface area contributed by atoms with Gasteiger partial charge in [-0.25, -0.2) is 0 Å². The van der Waals surface area contributed by atoms with E-state index in [2.05, 4.69) is 0 Å². The number of carboxylic acid groups (broad SMARTS) is 1. The summed E-state index contributed by atoms with van der Waals surface area (Å²) in [5, 5.41) is 29.3. The monoisotopic (exact) mass is 214 g/mol. The zero-order valence-corrected chi connectivity index (χ0v) is 9.32. The predicted octanol–water partition coefficient (Wildman–Crippen LogP) is 0.619. The van der Waals surface area contributed by atoms with Crippen LogP contribution in [-0.4, -0.2) is 33.5 Å². The van der Waals surface area contributed by atoms with Gasteiger partial charge >= 0.3 is 5.97 Å². The van der Waals surface area contributed by atoms with Crippen LogP contribution in [0, 0.1) is 16.2 Å². The van der Waals surface area contributed by atoms with Gasteiger partial charge in [0.1, 0.15) is 5.41 Å². The molecule has 2 aliphatic rings. The second-order valence-corrected chi connectivity index (χ2v) is 5.71. The van der Waals surface area contributed by atoms with E-state index in [1.807, 2.05) is 20.8 Å². The lowest BCUT2D eigenvalue weighted by molar-refractivity contribution is -0.164. The molecule has 2 bridgehead atoms. The zero-order valence-electron chi connectivity index (χ0n) is 9.32. The van der Waals surface area contributed by atoms with Crippen LogP contribution in [0.2, 0.25) is 0 Å². The quantitative estimate of drug-likeness (QED) is 0.598. The summed E-state index contributed by atoms with van der Waals surface area (Å²) < 4.78 is 0. The third-order valence-electron chi connectivity index (χ3n) is 5.42. The molecule has 0 heterocycles. The van der Waals surface area contributed by atoms with Gasteiger partial charge in [0.05, 0.1) is 12.2 Å². The van der Waals surface area contributed by atoms with E-state index in [4.69, 9.17) is 0 Å². The van der Waals surface area contributed by atoms with E-state index in [0.29, 0.717) is 12.8 Å². The molecule has 0 spiro atoms. The Kier molecular flexibility index (Phi) is 1.85. The Morgan fingerprint density at radius 2 is 1.67 bits per heavy atom. The normalized spacial score (nSPS) is 52.1. The van der Waals surface area contributed by atoms with Crippen molar-refractivity contribution >= 4 is 5.97 Å². The van der Waals surface area contributed by atoms with Gasteiger partial charge in [0.2, 0.25) is 0 Å². The summed E-state index contributed by atoms with van der Waals surface area (Å²) in [6.07, 6.45) is -0.977. The molecule has 3 N–H and O–H groups in total. The molecule has 86 valence electrons. The molecule has 0 aromatic rings. The van der Waals surface area contributed by atoms with E-state index < -0.39 is 34.4 Å². The number of aliphatic hydroxyl groups excluding tert-OH is 2. The van der Waals surface area contributed by atoms with Gasteiger partial charge in [-0.2, -0.15) is 0 Å². The first-order chi connectivity index (χ1) is 6.72. The maximum absolute atomic E-state index is 11.4. The van der Waals surface area contributed by atoms with Gasteiger partial charge < -0.3 is 15.3 Å². The highest BCUT2D eigenvalue weighted by Gasteiger charge is 2.77. The average molecular weight is 214 g/mol. The number of fused-ring (bicyclic) bond motifs is 2. The summed E-state index contributed by atoms with van der Waals surface area (Å²) in [5.41, 5.74) is -2.25. The Hall–Kier alpha value is -0.610.